The molecule has 16 heavy (non-hydrogen) atoms. The van der Waals surface area contributed by atoms with E-state index in [1.165, 1.54) is 12.1 Å². The second-order valence-electron chi connectivity index (χ2n) is 3.19. The van der Waals surface area contributed by atoms with Gasteiger partial charge in [0.05, 0.1) is 23.5 Å². The molecule has 0 bridgehead atoms. The molecule has 82 valence electrons. The number of imidazole rings is 1. The van der Waals surface area contributed by atoms with Crippen LogP contribution in [0.4, 0.5) is 8.78 Å². The van der Waals surface area contributed by atoms with E-state index < -0.39 is 6.43 Å². The minimum Gasteiger partial charge on any atom is -0.332 e. The predicted molar refractivity (Wildman–Crippen MR) is 58.1 cm³/mol. The van der Waals surface area contributed by atoms with Gasteiger partial charge in [-0.3, -0.25) is 0 Å². The van der Waals surface area contributed by atoms with Crippen LogP contribution < -0.4 is 0 Å². The molecule has 3 nitrogen and oxygen atoms in total. The maximum Gasteiger partial charge on any atom is 0.264 e. The number of aromatic nitrogens is 2. The lowest BCUT2D eigenvalue weighted by molar-refractivity contribution is 0.150. The molecule has 0 aliphatic rings. The van der Waals surface area contributed by atoms with Crippen molar-refractivity contribution in [3.8, 4) is 6.07 Å². The molecule has 6 heteroatoms. The number of nitrogens with zero attached hydrogens (tertiary/aromatic N) is 2. The van der Waals surface area contributed by atoms with E-state index in [0.29, 0.717) is 15.8 Å². The van der Waals surface area contributed by atoms with Crippen LogP contribution in [0.5, 0.6) is 0 Å². The highest BCUT2D eigenvalue weighted by atomic mass is 79.9. The molecule has 0 spiro atoms. The number of hydrogen-bond acceptors (Lipinski definition) is 2. The van der Waals surface area contributed by atoms with Gasteiger partial charge >= 0.3 is 0 Å². The highest BCUT2D eigenvalue weighted by Gasteiger charge is 2.17. The van der Waals surface area contributed by atoms with Crippen molar-refractivity contribution in [2.24, 2.45) is 0 Å². The van der Waals surface area contributed by atoms with Crippen molar-refractivity contribution in [2.45, 2.75) is 12.8 Å². The lowest BCUT2D eigenvalue weighted by Gasteiger charge is -2.05. The second-order valence-corrected chi connectivity index (χ2v) is 3.94. The van der Waals surface area contributed by atoms with Crippen molar-refractivity contribution < 1.29 is 8.78 Å². The molecule has 2 rings (SSSR count). The molecular formula is C10H6BrF2N3. The minimum absolute atomic E-state index is 0.0751. The van der Waals surface area contributed by atoms with Gasteiger partial charge in [-0.05, 0) is 22.0 Å². The summed E-state index contributed by atoms with van der Waals surface area (Å²) in [6.45, 7) is 0. The first-order chi connectivity index (χ1) is 7.63. The third-order valence-corrected chi connectivity index (χ3v) is 2.63. The highest BCUT2D eigenvalue weighted by Crippen LogP contribution is 2.29. The van der Waals surface area contributed by atoms with Crippen molar-refractivity contribution >= 4 is 27.0 Å². The Morgan fingerprint density at radius 3 is 2.88 bits per heavy atom. The van der Waals surface area contributed by atoms with Gasteiger partial charge in [0.15, 0.2) is 4.73 Å². The zero-order valence-electron chi connectivity index (χ0n) is 7.97. The van der Waals surface area contributed by atoms with E-state index >= 15 is 0 Å². The summed E-state index contributed by atoms with van der Waals surface area (Å²) < 4.78 is 25.9. The lowest BCUT2D eigenvalue weighted by atomic mass is 10.0. The van der Waals surface area contributed by atoms with Crippen molar-refractivity contribution in [1.29, 1.82) is 5.26 Å². The van der Waals surface area contributed by atoms with Gasteiger partial charge in [-0.25, -0.2) is 13.8 Å². The Morgan fingerprint density at radius 2 is 2.25 bits per heavy atom. The number of benzene rings is 1. The van der Waals surface area contributed by atoms with Crippen LogP contribution in [-0.2, 0) is 6.42 Å². The van der Waals surface area contributed by atoms with Gasteiger partial charge in [0, 0.05) is 11.1 Å². The largest absolute Gasteiger partial charge is 0.332 e. The van der Waals surface area contributed by atoms with Crippen molar-refractivity contribution in [2.75, 3.05) is 0 Å². The number of H-pyrrole nitrogens is 1. The normalized spacial score (nSPS) is 10.9. The summed E-state index contributed by atoms with van der Waals surface area (Å²) in [5, 5.41) is 8.65. The summed E-state index contributed by atoms with van der Waals surface area (Å²) in [6.07, 6.45) is -2.67. The van der Waals surface area contributed by atoms with E-state index in [4.69, 9.17) is 5.26 Å². The number of alkyl halides is 2. The van der Waals surface area contributed by atoms with Crippen molar-refractivity contribution in [3.63, 3.8) is 0 Å². The van der Waals surface area contributed by atoms with Crippen molar-refractivity contribution in [3.05, 3.63) is 28.0 Å². The van der Waals surface area contributed by atoms with Crippen LogP contribution in [0.15, 0.2) is 16.9 Å². The number of nitrogens with one attached hydrogen (secondary N) is 1. The molecular weight excluding hydrogens is 280 g/mol. The van der Waals surface area contributed by atoms with Crippen LogP contribution in [0.1, 0.15) is 17.6 Å². The lowest BCUT2D eigenvalue weighted by Crippen LogP contribution is -1.95. The fourth-order valence-electron chi connectivity index (χ4n) is 1.59. The van der Waals surface area contributed by atoms with Gasteiger partial charge in [-0.2, -0.15) is 5.26 Å². The Hall–Kier alpha value is -1.48. The first-order valence-electron chi connectivity index (χ1n) is 4.45. The average Bonchev–Trinajstić information content (AvgIpc) is 2.59. The zero-order chi connectivity index (χ0) is 11.7. The van der Waals surface area contributed by atoms with E-state index in [-0.39, 0.29) is 17.5 Å². The molecule has 0 saturated carbocycles. The topological polar surface area (TPSA) is 52.5 Å². The number of hydrogen-bond donors (Lipinski definition) is 1. The Labute approximate surface area is 98.2 Å². The molecule has 1 aromatic heterocycles. The standard InChI is InChI=1S/C10H6BrF2N3/c11-10-15-7-2-1-6(9(12)13)5(3-4-14)8(7)16-10/h1-2,9H,3H2,(H,15,16). The van der Waals surface area contributed by atoms with Gasteiger partial charge in [0.2, 0.25) is 0 Å². The number of rotatable bonds is 2. The average molecular weight is 286 g/mol. The Balaban J connectivity index is 2.73. The summed E-state index contributed by atoms with van der Waals surface area (Å²) >= 11 is 3.13. The predicted octanol–water partition coefficient (Wildman–Crippen LogP) is 3.33. The van der Waals surface area contributed by atoms with Crippen LogP contribution in [0.2, 0.25) is 0 Å². The SMILES string of the molecule is N#CCc1c(C(F)F)ccc2[nH]c(Br)nc12. The van der Waals surface area contributed by atoms with E-state index in [2.05, 4.69) is 25.9 Å². The van der Waals surface area contributed by atoms with Gasteiger partial charge < -0.3 is 4.98 Å². The fraction of sp³-hybridized carbons (Fsp3) is 0.200. The zero-order valence-corrected chi connectivity index (χ0v) is 9.55. The summed E-state index contributed by atoms with van der Waals surface area (Å²) in [5.41, 5.74) is 1.22. The third-order valence-electron chi connectivity index (χ3n) is 2.26. The van der Waals surface area contributed by atoms with Crippen LogP contribution in [-0.4, -0.2) is 9.97 Å². The van der Waals surface area contributed by atoms with Crippen LogP contribution >= 0.6 is 15.9 Å². The summed E-state index contributed by atoms with van der Waals surface area (Å²) in [6, 6.07) is 4.74. The summed E-state index contributed by atoms with van der Waals surface area (Å²) in [4.78, 5) is 6.93. The molecule has 0 unspecified atom stereocenters. The minimum atomic E-state index is -2.59. The monoisotopic (exact) mass is 285 g/mol. The number of fused-ring (bicyclic) bond motifs is 1. The molecule has 0 radical (unpaired) electrons. The molecule has 0 aliphatic carbocycles. The van der Waals surface area contributed by atoms with E-state index in [1.54, 1.807) is 0 Å². The molecule has 1 heterocycles. The second kappa shape index (κ2) is 4.18. The molecule has 0 saturated heterocycles. The molecule has 0 aliphatic heterocycles. The Bertz CT molecular complexity index is 571. The van der Waals surface area contributed by atoms with Crippen molar-refractivity contribution in [1.82, 2.24) is 9.97 Å². The first-order valence-corrected chi connectivity index (χ1v) is 5.25. The smallest absolute Gasteiger partial charge is 0.264 e. The van der Waals surface area contributed by atoms with E-state index in [1.807, 2.05) is 6.07 Å². The Kier molecular flexibility index (Phi) is 2.88. The maximum absolute atomic E-state index is 12.7. The molecule has 0 amide bonds. The van der Waals surface area contributed by atoms with Gasteiger partial charge in [0.1, 0.15) is 0 Å². The van der Waals surface area contributed by atoms with Crippen LogP contribution in [0.3, 0.4) is 0 Å². The summed E-state index contributed by atoms with van der Waals surface area (Å²) in [7, 11) is 0. The number of aromatic amines is 1. The number of nitriles is 1. The van der Waals surface area contributed by atoms with Gasteiger partial charge in [-0.15, -0.1) is 0 Å². The van der Waals surface area contributed by atoms with E-state index in [0.717, 1.165) is 0 Å². The Morgan fingerprint density at radius 1 is 1.50 bits per heavy atom. The maximum atomic E-state index is 12.7. The molecule has 1 N–H and O–H groups in total. The van der Waals surface area contributed by atoms with E-state index in [9.17, 15) is 8.78 Å². The quantitative estimate of drug-likeness (QED) is 0.920. The molecule has 0 fully saturated rings. The molecule has 1 aromatic carbocycles. The number of halogens is 3. The summed E-state index contributed by atoms with van der Waals surface area (Å²) in [5.74, 6) is 0. The molecule has 2 aromatic rings. The van der Waals surface area contributed by atoms with Gasteiger partial charge in [-0.1, -0.05) is 6.07 Å². The molecule has 0 atom stereocenters. The van der Waals surface area contributed by atoms with Crippen LogP contribution in [0, 0.1) is 11.3 Å². The third kappa shape index (κ3) is 1.78. The highest BCUT2D eigenvalue weighted by molar-refractivity contribution is 9.10. The fourth-order valence-corrected chi connectivity index (χ4v) is 1.98. The van der Waals surface area contributed by atoms with Crippen LogP contribution in [0.25, 0.3) is 11.0 Å². The first kappa shape index (κ1) is 11.0. The van der Waals surface area contributed by atoms with Gasteiger partial charge in [0.25, 0.3) is 6.43 Å².